The topological polar surface area (TPSA) is 40.7 Å². The van der Waals surface area contributed by atoms with Gasteiger partial charge in [-0.1, -0.05) is 26.2 Å². The predicted octanol–water partition coefficient (Wildman–Crippen LogP) is 2.39. The molecule has 0 bridgehead atoms. The molecule has 0 amide bonds. The van der Waals surface area contributed by atoms with Crippen LogP contribution in [0.3, 0.4) is 0 Å². The summed E-state index contributed by atoms with van der Waals surface area (Å²) in [7, 11) is 0. The average molecular weight is 207 g/mol. The second-order valence-corrected chi connectivity index (χ2v) is 4.45. The van der Waals surface area contributed by atoms with E-state index in [-0.39, 0.29) is 0 Å². The van der Waals surface area contributed by atoms with E-state index in [0.717, 1.165) is 24.7 Å². The first kappa shape index (κ1) is 10.7. The second kappa shape index (κ2) is 5.31. The van der Waals surface area contributed by atoms with Gasteiger partial charge in [-0.2, -0.15) is 5.10 Å². The SMILES string of the molecule is CCc1cc(CNC2CCCCC2)[nH]n1. The van der Waals surface area contributed by atoms with E-state index in [0.29, 0.717) is 0 Å². The van der Waals surface area contributed by atoms with E-state index >= 15 is 0 Å². The summed E-state index contributed by atoms with van der Waals surface area (Å²) in [6, 6.07) is 2.89. The molecule has 1 aromatic rings. The average Bonchev–Trinajstić information content (AvgIpc) is 2.76. The van der Waals surface area contributed by atoms with Gasteiger partial charge < -0.3 is 5.32 Å². The number of hydrogen-bond acceptors (Lipinski definition) is 2. The van der Waals surface area contributed by atoms with Crippen molar-refractivity contribution in [3.63, 3.8) is 0 Å². The van der Waals surface area contributed by atoms with E-state index in [1.165, 1.54) is 37.8 Å². The fraction of sp³-hybridized carbons (Fsp3) is 0.750. The Labute approximate surface area is 91.7 Å². The highest BCUT2D eigenvalue weighted by molar-refractivity contribution is 5.08. The third-order valence-corrected chi connectivity index (χ3v) is 3.23. The van der Waals surface area contributed by atoms with E-state index in [4.69, 9.17) is 0 Å². The Morgan fingerprint density at radius 2 is 2.20 bits per heavy atom. The maximum Gasteiger partial charge on any atom is 0.0622 e. The van der Waals surface area contributed by atoms with Crippen LogP contribution in [-0.4, -0.2) is 16.2 Å². The van der Waals surface area contributed by atoms with Crippen LogP contribution in [0.1, 0.15) is 50.4 Å². The molecule has 15 heavy (non-hydrogen) atoms. The second-order valence-electron chi connectivity index (χ2n) is 4.45. The summed E-state index contributed by atoms with van der Waals surface area (Å²) in [5.41, 5.74) is 2.38. The van der Waals surface area contributed by atoms with Crippen LogP contribution in [0.5, 0.6) is 0 Å². The number of aromatic amines is 1. The Kier molecular flexibility index (Phi) is 3.78. The van der Waals surface area contributed by atoms with Crippen molar-refractivity contribution in [3.05, 3.63) is 17.5 Å². The Morgan fingerprint density at radius 3 is 2.87 bits per heavy atom. The first-order valence-electron chi connectivity index (χ1n) is 6.15. The van der Waals surface area contributed by atoms with E-state index in [1.54, 1.807) is 0 Å². The molecule has 1 heterocycles. The van der Waals surface area contributed by atoms with Gasteiger partial charge in [-0.15, -0.1) is 0 Å². The lowest BCUT2D eigenvalue weighted by molar-refractivity contribution is 0.371. The highest BCUT2D eigenvalue weighted by Crippen LogP contribution is 2.17. The number of H-pyrrole nitrogens is 1. The van der Waals surface area contributed by atoms with Crippen LogP contribution in [0.25, 0.3) is 0 Å². The van der Waals surface area contributed by atoms with Gasteiger partial charge in [-0.05, 0) is 25.3 Å². The normalized spacial score (nSPS) is 18.2. The molecule has 2 rings (SSSR count). The Hall–Kier alpha value is -0.830. The predicted molar refractivity (Wildman–Crippen MR) is 61.7 cm³/mol. The zero-order valence-corrected chi connectivity index (χ0v) is 9.55. The lowest BCUT2D eigenvalue weighted by atomic mass is 9.95. The zero-order valence-electron chi connectivity index (χ0n) is 9.55. The first-order chi connectivity index (χ1) is 7.38. The van der Waals surface area contributed by atoms with Gasteiger partial charge in [-0.25, -0.2) is 0 Å². The van der Waals surface area contributed by atoms with Gasteiger partial charge in [0.05, 0.1) is 5.69 Å². The Morgan fingerprint density at radius 1 is 1.40 bits per heavy atom. The lowest BCUT2D eigenvalue weighted by Gasteiger charge is -2.22. The summed E-state index contributed by atoms with van der Waals surface area (Å²) in [4.78, 5) is 0. The minimum Gasteiger partial charge on any atom is -0.308 e. The minimum atomic E-state index is 0.729. The van der Waals surface area contributed by atoms with Crippen LogP contribution in [-0.2, 0) is 13.0 Å². The summed E-state index contributed by atoms with van der Waals surface area (Å²) in [5, 5.41) is 10.9. The molecule has 0 aromatic carbocycles. The first-order valence-corrected chi connectivity index (χ1v) is 6.15. The third-order valence-electron chi connectivity index (χ3n) is 3.23. The fourth-order valence-electron chi connectivity index (χ4n) is 2.24. The number of aromatic nitrogens is 2. The van der Waals surface area contributed by atoms with Gasteiger partial charge in [-0.3, -0.25) is 5.10 Å². The van der Waals surface area contributed by atoms with Crippen molar-refractivity contribution < 1.29 is 0 Å². The third kappa shape index (κ3) is 3.06. The van der Waals surface area contributed by atoms with E-state index in [2.05, 4.69) is 28.5 Å². The van der Waals surface area contributed by atoms with Gasteiger partial charge in [0.15, 0.2) is 0 Å². The largest absolute Gasteiger partial charge is 0.308 e. The number of nitrogens with one attached hydrogen (secondary N) is 2. The summed E-state index contributed by atoms with van der Waals surface area (Å²) < 4.78 is 0. The molecule has 1 saturated carbocycles. The van der Waals surface area contributed by atoms with Crippen molar-refractivity contribution in [1.82, 2.24) is 15.5 Å². The summed E-state index contributed by atoms with van der Waals surface area (Å²) in [6.07, 6.45) is 7.90. The lowest BCUT2D eigenvalue weighted by Crippen LogP contribution is -2.30. The van der Waals surface area contributed by atoms with Crippen molar-refractivity contribution in [1.29, 1.82) is 0 Å². The molecule has 1 aliphatic carbocycles. The Bertz CT molecular complexity index is 287. The van der Waals surface area contributed by atoms with Crippen LogP contribution in [0.2, 0.25) is 0 Å². The fourth-order valence-corrected chi connectivity index (χ4v) is 2.24. The standard InChI is InChI=1S/C12H21N3/c1-2-10-8-12(15-14-10)9-13-11-6-4-3-5-7-11/h8,11,13H,2-7,9H2,1H3,(H,14,15). The molecule has 0 radical (unpaired) electrons. The summed E-state index contributed by atoms with van der Waals surface area (Å²) >= 11 is 0. The molecule has 2 N–H and O–H groups in total. The van der Waals surface area contributed by atoms with Gasteiger partial charge >= 0.3 is 0 Å². The van der Waals surface area contributed by atoms with Crippen LogP contribution in [0.4, 0.5) is 0 Å². The number of hydrogen-bond donors (Lipinski definition) is 2. The van der Waals surface area contributed by atoms with Gasteiger partial charge in [0.1, 0.15) is 0 Å². The van der Waals surface area contributed by atoms with Gasteiger partial charge in [0.25, 0.3) is 0 Å². The van der Waals surface area contributed by atoms with Crippen molar-refractivity contribution in [2.75, 3.05) is 0 Å². The smallest absolute Gasteiger partial charge is 0.0622 e. The maximum absolute atomic E-state index is 4.23. The molecule has 1 fully saturated rings. The molecular formula is C12H21N3. The maximum atomic E-state index is 4.23. The molecule has 3 heteroatoms. The number of nitrogens with zero attached hydrogens (tertiary/aromatic N) is 1. The van der Waals surface area contributed by atoms with Gasteiger partial charge in [0.2, 0.25) is 0 Å². The molecule has 3 nitrogen and oxygen atoms in total. The summed E-state index contributed by atoms with van der Waals surface area (Å²) in [5.74, 6) is 0. The number of rotatable bonds is 4. The minimum absolute atomic E-state index is 0.729. The van der Waals surface area contributed by atoms with Crippen LogP contribution in [0, 0.1) is 0 Å². The molecule has 0 atom stereocenters. The zero-order chi connectivity index (χ0) is 10.5. The number of aryl methyl sites for hydroxylation is 1. The van der Waals surface area contributed by atoms with Crippen molar-refractivity contribution in [2.45, 2.75) is 58.0 Å². The molecule has 0 unspecified atom stereocenters. The van der Waals surface area contributed by atoms with Gasteiger partial charge in [0, 0.05) is 18.3 Å². The molecular weight excluding hydrogens is 186 g/mol. The Balaban J connectivity index is 1.76. The molecule has 0 saturated heterocycles. The quantitative estimate of drug-likeness (QED) is 0.796. The van der Waals surface area contributed by atoms with E-state index < -0.39 is 0 Å². The van der Waals surface area contributed by atoms with Crippen molar-refractivity contribution in [3.8, 4) is 0 Å². The van der Waals surface area contributed by atoms with Crippen LogP contribution < -0.4 is 5.32 Å². The van der Waals surface area contributed by atoms with E-state index in [9.17, 15) is 0 Å². The highest BCUT2D eigenvalue weighted by Gasteiger charge is 2.12. The van der Waals surface area contributed by atoms with Crippen LogP contribution >= 0.6 is 0 Å². The van der Waals surface area contributed by atoms with Crippen LogP contribution in [0.15, 0.2) is 6.07 Å². The summed E-state index contributed by atoms with van der Waals surface area (Å²) in [6.45, 7) is 3.08. The molecule has 1 aromatic heterocycles. The molecule has 0 spiro atoms. The van der Waals surface area contributed by atoms with Crippen molar-refractivity contribution >= 4 is 0 Å². The van der Waals surface area contributed by atoms with E-state index in [1.807, 2.05) is 0 Å². The molecule has 0 aliphatic heterocycles. The monoisotopic (exact) mass is 207 g/mol. The highest BCUT2D eigenvalue weighted by atomic mass is 15.1. The molecule has 84 valence electrons. The molecule has 1 aliphatic rings. The van der Waals surface area contributed by atoms with Crippen molar-refractivity contribution in [2.24, 2.45) is 0 Å².